The van der Waals surface area contributed by atoms with Crippen molar-refractivity contribution < 1.29 is 9.90 Å². The van der Waals surface area contributed by atoms with E-state index in [0.717, 1.165) is 11.1 Å². The average Bonchev–Trinajstić information content (AvgIpc) is 3.01. The Bertz CT molecular complexity index is 724. The van der Waals surface area contributed by atoms with Crippen LogP contribution in [0.4, 0.5) is 0 Å². The molecule has 2 aromatic rings. The molecule has 0 spiro atoms. The lowest BCUT2D eigenvalue weighted by Gasteiger charge is -2.23. The second-order valence-corrected chi connectivity index (χ2v) is 7.12. The van der Waals surface area contributed by atoms with Crippen LogP contribution in [-0.4, -0.2) is 23.7 Å². The van der Waals surface area contributed by atoms with Gasteiger partial charge in [0, 0.05) is 23.4 Å². The van der Waals surface area contributed by atoms with Gasteiger partial charge >= 0.3 is 0 Å². The molecule has 1 amide bonds. The number of nitrogens with one attached hydrogen (secondary N) is 3. The molecule has 0 aromatic heterocycles. The molecule has 138 valence electrons. The van der Waals surface area contributed by atoms with E-state index < -0.39 is 6.04 Å². The highest BCUT2D eigenvalue weighted by Gasteiger charge is 2.35. The zero-order valence-corrected chi connectivity index (χ0v) is 15.4. The minimum absolute atomic E-state index is 0.0253. The molecule has 0 aliphatic carbocycles. The molecule has 1 aliphatic rings. The third-order valence-electron chi connectivity index (χ3n) is 4.91. The minimum atomic E-state index is -0.393. The molecule has 4 atom stereocenters. The lowest BCUT2D eigenvalue weighted by atomic mass is 9.87. The van der Waals surface area contributed by atoms with Crippen molar-refractivity contribution in [1.82, 2.24) is 16.2 Å². The van der Waals surface area contributed by atoms with Crippen LogP contribution in [0.15, 0.2) is 54.6 Å². The van der Waals surface area contributed by atoms with Gasteiger partial charge in [0.1, 0.15) is 0 Å². The van der Waals surface area contributed by atoms with Crippen molar-refractivity contribution in [3.8, 4) is 0 Å². The van der Waals surface area contributed by atoms with Crippen LogP contribution in [0.2, 0.25) is 5.02 Å². The number of hydrogen-bond donors (Lipinski definition) is 4. The maximum Gasteiger partial charge on any atom is 0.220 e. The van der Waals surface area contributed by atoms with Gasteiger partial charge in [-0.1, -0.05) is 54.1 Å². The van der Waals surface area contributed by atoms with Crippen molar-refractivity contribution >= 4 is 17.5 Å². The van der Waals surface area contributed by atoms with E-state index in [2.05, 4.69) is 23.1 Å². The van der Waals surface area contributed by atoms with E-state index in [4.69, 9.17) is 11.6 Å². The number of rotatable bonds is 6. The minimum Gasteiger partial charge on any atom is -0.394 e. The predicted molar refractivity (Wildman–Crippen MR) is 102 cm³/mol. The number of hydrazine groups is 1. The summed E-state index contributed by atoms with van der Waals surface area (Å²) < 4.78 is 0. The Hall–Kier alpha value is -1.92. The average molecular weight is 374 g/mol. The van der Waals surface area contributed by atoms with Gasteiger partial charge in [0.15, 0.2) is 0 Å². The number of benzene rings is 2. The molecule has 1 aliphatic heterocycles. The number of aliphatic hydroxyl groups is 1. The molecule has 26 heavy (non-hydrogen) atoms. The maximum absolute atomic E-state index is 12.6. The fourth-order valence-corrected chi connectivity index (χ4v) is 3.53. The molecule has 1 heterocycles. The van der Waals surface area contributed by atoms with Gasteiger partial charge in [0.2, 0.25) is 5.91 Å². The van der Waals surface area contributed by atoms with Crippen LogP contribution in [0.1, 0.15) is 36.6 Å². The summed E-state index contributed by atoms with van der Waals surface area (Å²) in [5.41, 5.74) is 8.48. The van der Waals surface area contributed by atoms with E-state index in [0.29, 0.717) is 11.4 Å². The van der Waals surface area contributed by atoms with Gasteiger partial charge in [-0.3, -0.25) is 10.2 Å². The van der Waals surface area contributed by atoms with E-state index in [9.17, 15) is 9.90 Å². The molecule has 0 saturated carbocycles. The van der Waals surface area contributed by atoms with E-state index >= 15 is 0 Å². The molecule has 1 saturated heterocycles. The fourth-order valence-electron chi connectivity index (χ4n) is 3.41. The van der Waals surface area contributed by atoms with Crippen molar-refractivity contribution in [3.63, 3.8) is 0 Å². The summed E-state index contributed by atoms with van der Waals surface area (Å²) in [6.07, 6.45) is 0.359. The van der Waals surface area contributed by atoms with Crippen LogP contribution >= 0.6 is 11.6 Å². The summed E-state index contributed by atoms with van der Waals surface area (Å²) >= 11 is 5.98. The van der Waals surface area contributed by atoms with Crippen LogP contribution in [-0.2, 0) is 4.79 Å². The first-order valence-electron chi connectivity index (χ1n) is 8.80. The van der Waals surface area contributed by atoms with Crippen molar-refractivity contribution in [3.05, 3.63) is 70.7 Å². The van der Waals surface area contributed by atoms with Crippen molar-refractivity contribution in [2.45, 2.75) is 31.5 Å². The summed E-state index contributed by atoms with van der Waals surface area (Å²) in [7, 11) is 0. The van der Waals surface area contributed by atoms with Gasteiger partial charge in [-0.25, -0.2) is 5.43 Å². The van der Waals surface area contributed by atoms with Crippen molar-refractivity contribution in [1.29, 1.82) is 0 Å². The zero-order chi connectivity index (χ0) is 18.5. The van der Waals surface area contributed by atoms with Gasteiger partial charge in [-0.2, -0.15) is 0 Å². The fraction of sp³-hybridized carbons (Fsp3) is 0.350. The maximum atomic E-state index is 12.6. The van der Waals surface area contributed by atoms with Crippen LogP contribution in [0, 0.1) is 5.92 Å². The zero-order valence-electron chi connectivity index (χ0n) is 14.7. The molecule has 3 unspecified atom stereocenters. The van der Waals surface area contributed by atoms with Gasteiger partial charge in [-0.05, 0) is 30.2 Å². The first-order valence-corrected chi connectivity index (χ1v) is 9.18. The van der Waals surface area contributed by atoms with Crippen LogP contribution < -0.4 is 16.2 Å². The van der Waals surface area contributed by atoms with E-state index in [-0.39, 0.29) is 30.5 Å². The molecule has 1 fully saturated rings. The number of carbonyl (C=O) groups excluding carboxylic acids is 1. The molecule has 0 radical (unpaired) electrons. The Morgan fingerprint density at radius 3 is 2.50 bits per heavy atom. The third kappa shape index (κ3) is 4.43. The van der Waals surface area contributed by atoms with Gasteiger partial charge in [-0.15, -0.1) is 0 Å². The molecule has 2 aromatic carbocycles. The number of halogens is 1. The van der Waals surface area contributed by atoms with Crippen LogP contribution in [0.5, 0.6) is 0 Å². The molecule has 3 rings (SSSR count). The molecule has 0 bridgehead atoms. The Morgan fingerprint density at radius 1 is 1.15 bits per heavy atom. The Labute approximate surface area is 158 Å². The lowest BCUT2D eigenvalue weighted by molar-refractivity contribution is -0.123. The van der Waals surface area contributed by atoms with Crippen LogP contribution in [0.25, 0.3) is 0 Å². The summed E-state index contributed by atoms with van der Waals surface area (Å²) in [4.78, 5) is 12.6. The lowest BCUT2D eigenvalue weighted by Crippen LogP contribution is -2.34. The Kier molecular flexibility index (Phi) is 6.27. The summed E-state index contributed by atoms with van der Waals surface area (Å²) in [5.74, 6) is 0.0144. The van der Waals surface area contributed by atoms with Gasteiger partial charge in [0.25, 0.3) is 0 Å². The van der Waals surface area contributed by atoms with E-state index in [1.807, 2.05) is 54.6 Å². The van der Waals surface area contributed by atoms with Gasteiger partial charge < -0.3 is 10.4 Å². The molecular weight excluding hydrogens is 350 g/mol. The largest absolute Gasteiger partial charge is 0.394 e. The first-order chi connectivity index (χ1) is 12.6. The van der Waals surface area contributed by atoms with Crippen molar-refractivity contribution in [2.24, 2.45) is 5.92 Å². The van der Waals surface area contributed by atoms with E-state index in [1.165, 1.54) is 0 Å². The number of aliphatic hydroxyl groups excluding tert-OH is 1. The summed E-state index contributed by atoms with van der Waals surface area (Å²) in [6.45, 7) is 1.93. The highest BCUT2D eigenvalue weighted by atomic mass is 35.5. The Balaban J connectivity index is 1.67. The SMILES string of the molecule is CC1NNC(c2ccc(Cl)cc2)C1CC(=O)N[C@@H](CO)c1ccccc1. The summed E-state index contributed by atoms with van der Waals surface area (Å²) in [6, 6.07) is 17.0. The predicted octanol–water partition coefficient (Wildman–Crippen LogP) is 2.73. The first kappa shape index (κ1) is 18.9. The monoisotopic (exact) mass is 373 g/mol. The highest BCUT2D eigenvalue weighted by molar-refractivity contribution is 6.30. The standard InChI is InChI=1S/C20H24ClN3O2/c1-13-17(20(24-23-13)15-7-9-16(21)10-8-15)11-19(26)22-18(12-25)14-5-3-2-4-6-14/h2-10,13,17-18,20,23-25H,11-12H2,1H3,(H,22,26)/t13?,17?,18-,20?/m0/s1. The molecule has 6 heteroatoms. The third-order valence-corrected chi connectivity index (χ3v) is 5.16. The topological polar surface area (TPSA) is 73.4 Å². The molecule has 4 N–H and O–H groups in total. The second kappa shape index (κ2) is 8.64. The van der Waals surface area contributed by atoms with E-state index in [1.54, 1.807) is 0 Å². The normalized spacial score (nSPS) is 23.6. The quantitative estimate of drug-likeness (QED) is 0.628. The van der Waals surface area contributed by atoms with Crippen LogP contribution in [0.3, 0.4) is 0 Å². The molecular formula is C20H24ClN3O2. The molecule has 5 nitrogen and oxygen atoms in total. The number of hydrogen-bond acceptors (Lipinski definition) is 4. The van der Waals surface area contributed by atoms with Gasteiger partial charge in [0.05, 0.1) is 18.7 Å². The summed E-state index contributed by atoms with van der Waals surface area (Å²) in [5, 5.41) is 13.3. The smallest absolute Gasteiger partial charge is 0.220 e. The Morgan fingerprint density at radius 2 is 1.85 bits per heavy atom. The van der Waals surface area contributed by atoms with Crippen molar-refractivity contribution in [2.75, 3.05) is 6.61 Å². The second-order valence-electron chi connectivity index (χ2n) is 6.69. The number of amides is 1. The highest BCUT2D eigenvalue weighted by Crippen LogP contribution is 2.32. The number of carbonyl (C=O) groups is 1.